The van der Waals surface area contributed by atoms with E-state index in [9.17, 15) is 9.59 Å². The Labute approximate surface area is 136 Å². The summed E-state index contributed by atoms with van der Waals surface area (Å²) in [6.45, 7) is 5.94. The van der Waals surface area contributed by atoms with E-state index in [1.807, 2.05) is 69.3 Å². The van der Waals surface area contributed by atoms with Gasteiger partial charge in [0.15, 0.2) is 0 Å². The van der Waals surface area contributed by atoms with E-state index in [0.29, 0.717) is 5.69 Å². The summed E-state index contributed by atoms with van der Waals surface area (Å²) in [5, 5.41) is 5.41. The minimum Gasteiger partial charge on any atom is -0.341 e. The molecule has 2 amide bonds. The number of carbonyl (C=O) groups is 2. The predicted molar refractivity (Wildman–Crippen MR) is 92.2 cm³/mol. The Bertz CT molecular complexity index is 681. The molecule has 0 aromatic heterocycles. The Morgan fingerprint density at radius 1 is 0.826 bits per heavy atom. The lowest BCUT2D eigenvalue weighted by molar-refractivity contribution is -0.136. The highest BCUT2D eigenvalue weighted by molar-refractivity contribution is 6.39. The van der Waals surface area contributed by atoms with Crippen LogP contribution in [0.1, 0.15) is 43.9 Å². The second kappa shape index (κ2) is 7.58. The zero-order chi connectivity index (χ0) is 16.8. The topological polar surface area (TPSA) is 58.2 Å². The van der Waals surface area contributed by atoms with Gasteiger partial charge in [0.1, 0.15) is 0 Å². The van der Waals surface area contributed by atoms with Crippen LogP contribution in [-0.2, 0) is 9.59 Å². The van der Waals surface area contributed by atoms with Gasteiger partial charge in [0.25, 0.3) is 0 Å². The van der Waals surface area contributed by atoms with Crippen molar-refractivity contribution in [2.75, 3.05) is 5.32 Å². The van der Waals surface area contributed by atoms with E-state index < -0.39 is 11.8 Å². The van der Waals surface area contributed by atoms with Gasteiger partial charge in [0.05, 0.1) is 6.04 Å². The van der Waals surface area contributed by atoms with Gasteiger partial charge < -0.3 is 10.6 Å². The molecule has 0 aliphatic heterocycles. The summed E-state index contributed by atoms with van der Waals surface area (Å²) < 4.78 is 0. The van der Waals surface area contributed by atoms with Gasteiger partial charge in [-0.3, -0.25) is 9.59 Å². The number of hydrogen-bond donors (Lipinski definition) is 2. The number of nitrogens with one attached hydrogen (secondary N) is 2. The fourth-order valence-electron chi connectivity index (χ4n) is 2.38. The molecule has 2 aromatic rings. The van der Waals surface area contributed by atoms with E-state index in [-0.39, 0.29) is 12.0 Å². The predicted octanol–water partition coefficient (Wildman–Crippen LogP) is 3.63. The Hall–Kier alpha value is -2.62. The highest BCUT2D eigenvalue weighted by Gasteiger charge is 2.18. The molecule has 0 radical (unpaired) electrons. The largest absolute Gasteiger partial charge is 0.341 e. The van der Waals surface area contributed by atoms with Crippen LogP contribution < -0.4 is 10.6 Å². The summed E-state index contributed by atoms with van der Waals surface area (Å²) in [7, 11) is 0. The number of amides is 2. The molecule has 0 fully saturated rings. The highest BCUT2D eigenvalue weighted by atomic mass is 16.2. The minimum atomic E-state index is -0.652. The van der Waals surface area contributed by atoms with E-state index >= 15 is 0 Å². The van der Waals surface area contributed by atoms with Crippen molar-refractivity contribution in [1.82, 2.24) is 5.32 Å². The first-order valence-corrected chi connectivity index (χ1v) is 7.74. The molecule has 2 N–H and O–H groups in total. The third-order valence-electron chi connectivity index (χ3n) is 3.68. The maximum absolute atomic E-state index is 12.1. The van der Waals surface area contributed by atoms with Crippen LogP contribution in [0.3, 0.4) is 0 Å². The first-order valence-electron chi connectivity index (χ1n) is 7.74. The Balaban J connectivity index is 2.02. The van der Waals surface area contributed by atoms with Crippen LogP contribution in [-0.4, -0.2) is 11.8 Å². The summed E-state index contributed by atoms with van der Waals surface area (Å²) in [5.41, 5.74) is 2.64. The standard InChI is InChI=1S/C19H22N2O2/c1-13(2)16-11-7-8-12-17(16)21-19(23)18(22)20-14(3)15-9-5-4-6-10-15/h4-14H,1-3H3,(H,20,22)(H,21,23)/t14-/m0/s1. The molecule has 2 aromatic carbocycles. The van der Waals surface area contributed by atoms with Crippen molar-refractivity contribution in [2.24, 2.45) is 0 Å². The molecule has 0 spiro atoms. The van der Waals surface area contributed by atoms with Crippen molar-refractivity contribution in [2.45, 2.75) is 32.7 Å². The van der Waals surface area contributed by atoms with Gasteiger partial charge in [-0.15, -0.1) is 0 Å². The van der Waals surface area contributed by atoms with Gasteiger partial charge >= 0.3 is 11.8 Å². The van der Waals surface area contributed by atoms with E-state index in [2.05, 4.69) is 10.6 Å². The lowest BCUT2D eigenvalue weighted by Crippen LogP contribution is -2.37. The van der Waals surface area contributed by atoms with Crippen molar-refractivity contribution >= 4 is 17.5 Å². The molecule has 2 rings (SSSR count). The minimum absolute atomic E-state index is 0.227. The molecule has 0 unspecified atom stereocenters. The SMILES string of the molecule is CC(C)c1ccccc1NC(=O)C(=O)N[C@@H](C)c1ccccc1. The Kier molecular flexibility index (Phi) is 5.52. The zero-order valence-corrected chi connectivity index (χ0v) is 13.7. The van der Waals surface area contributed by atoms with Gasteiger partial charge in [-0.2, -0.15) is 0 Å². The monoisotopic (exact) mass is 310 g/mol. The molecule has 1 atom stereocenters. The molecule has 0 saturated heterocycles. The first kappa shape index (κ1) is 16.7. The molecule has 0 saturated carbocycles. The molecule has 0 aliphatic rings. The Morgan fingerprint density at radius 2 is 1.43 bits per heavy atom. The first-order chi connectivity index (χ1) is 11.0. The van der Waals surface area contributed by atoms with Crippen LogP contribution >= 0.6 is 0 Å². The zero-order valence-electron chi connectivity index (χ0n) is 13.7. The molecule has 120 valence electrons. The molecular formula is C19H22N2O2. The van der Waals surface area contributed by atoms with Crippen molar-refractivity contribution in [3.63, 3.8) is 0 Å². The lowest BCUT2D eigenvalue weighted by Gasteiger charge is -2.16. The van der Waals surface area contributed by atoms with E-state index in [0.717, 1.165) is 11.1 Å². The molecule has 4 nitrogen and oxygen atoms in total. The Morgan fingerprint density at radius 3 is 2.09 bits per heavy atom. The van der Waals surface area contributed by atoms with Gasteiger partial charge in [-0.05, 0) is 30.0 Å². The average molecular weight is 310 g/mol. The van der Waals surface area contributed by atoms with Gasteiger partial charge in [0.2, 0.25) is 0 Å². The molecule has 23 heavy (non-hydrogen) atoms. The number of anilines is 1. The van der Waals surface area contributed by atoms with Gasteiger partial charge in [-0.1, -0.05) is 62.4 Å². The highest BCUT2D eigenvalue weighted by Crippen LogP contribution is 2.23. The summed E-state index contributed by atoms with van der Waals surface area (Å²) in [5.74, 6) is -1.03. The molecule has 0 bridgehead atoms. The molecule has 4 heteroatoms. The van der Waals surface area contributed by atoms with E-state index in [4.69, 9.17) is 0 Å². The normalized spacial score (nSPS) is 11.8. The lowest BCUT2D eigenvalue weighted by atomic mass is 10.0. The third-order valence-corrected chi connectivity index (χ3v) is 3.68. The maximum Gasteiger partial charge on any atom is 0.313 e. The summed E-state index contributed by atoms with van der Waals surface area (Å²) in [4.78, 5) is 24.2. The molecule has 0 aliphatic carbocycles. The van der Waals surface area contributed by atoms with Crippen LogP contribution in [0.25, 0.3) is 0 Å². The van der Waals surface area contributed by atoms with E-state index in [1.54, 1.807) is 6.07 Å². The average Bonchev–Trinajstić information content (AvgIpc) is 2.55. The maximum atomic E-state index is 12.1. The number of hydrogen-bond acceptors (Lipinski definition) is 2. The summed E-state index contributed by atoms with van der Waals surface area (Å²) in [6, 6.07) is 16.8. The van der Waals surface area contributed by atoms with Crippen molar-refractivity contribution < 1.29 is 9.59 Å². The summed E-state index contributed by atoms with van der Waals surface area (Å²) in [6.07, 6.45) is 0. The molecule has 0 heterocycles. The number of rotatable bonds is 4. The number of para-hydroxylation sites is 1. The second-order valence-corrected chi connectivity index (χ2v) is 5.80. The fraction of sp³-hybridized carbons (Fsp3) is 0.263. The van der Waals surface area contributed by atoms with Crippen LogP contribution in [0.4, 0.5) is 5.69 Å². The van der Waals surface area contributed by atoms with Crippen LogP contribution in [0.15, 0.2) is 54.6 Å². The molecular weight excluding hydrogens is 288 g/mol. The third kappa shape index (κ3) is 4.42. The fourth-order valence-corrected chi connectivity index (χ4v) is 2.38. The van der Waals surface area contributed by atoms with Crippen molar-refractivity contribution in [3.05, 3.63) is 65.7 Å². The van der Waals surface area contributed by atoms with Crippen molar-refractivity contribution in [1.29, 1.82) is 0 Å². The van der Waals surface area contributed by atoms with Crippen LogP contribution in [0, 0.1) is 0 Å². The van der Waals surface area contributed by atoms with Gasteiger partial charge in [-0.25, -0.2) is 0 Å². The quantitative estimate of drug-likeness (QED) is 0.847. The summed E-state index contributed by atoms with van der Waals surface area (Å²) >= 11 is 0. The van der Waals surface area contributed by atoms with E-state index in [1.165, 1.54) is 0 Å². The van der Waals surface area contributed by atoms with Crippen LogP contribution in [0.5, 0.6) is 0 Å². The second-order valence-electron chi connectivity index (χ2n) is 5.80. The number of carbonyl (C=O) groups excluding carboxylic acids is 2. The number of benzene rings is 2. The van der Waals surface area contributed by atoms with Gasteiger partial charge in [0, 0.05) is 5.69 Å². The smallest absolute Gasteiger partial charge is 0.313 e. The van der Waals surface area contributed by atoms with Crippen LogP contribution in [0.2, 0.25) is 0 Å². The van der Waals surface area contributed by atoms with Crippen molar-refractivity contribution in [3.8, 4) is 0 Å².